The van der Waals surface area contributed by atoms with Crippen molar-refractivity contribution >= 4 is 17.1 Å². The smallest absolute Gasteiger partial charge is 0.356 e. The fourth-order valence-electron chi connectivity index (χ4n) is 2.22. The molecule has 0 amide bonds. The molecule has 2 rings (SSSR count). The predicted molar refractivity (Wildman–Crippen MR) is 90.0 cm³/mol. The van der Waals surface area contributed by atoms with Gasteiger partial charge in [0.2, 0.25) is 5.75 Å². The number of hydrogen-bond acceptors (Lipinski definition) is 4. The number of nitrogens with zero attached hydrogens (tertiary/aromatic N) is 1. The zero-order valence-corrected chi connectivity index (χ0v) is 13.8. The molecule has 0 bridgehead atoms. The number of carbonyl (C=O) groups is 1. The van der Waals surface area contributed by atoms with E-state index in [9.17, 15) is 9.35 Å². The lowest BCUT2D eigenvalue weighted by Crippen LogP contribution is -2.21. The van der Waals surface area contributed by atoms with Crippen LogP contribution in [0.5, 0.6) is 0 Å². The number of benzene rings is 2. The van der Waals surface area contributed by atoms with Crippen LogP contribution in [0, 0.1) is 11.3 Å². The van der Waals surface area contributed by atoms with E-state index in [0.29, 0.717) is 5.56 Å². The van der Waals surface area contributed by atoms with Crippen LogP contribution < -0.4 is 0 Å². The van der Waals surface area contributed by atoms with Gasteiger partial charge in [0.1, 0.15) is 5.25 Å². The molecule has 0 heterocycles. The van der Waals surface area contributed by atoms with Gasteiger partial charge in [0.05, 0.1) is 18.7 Å². The average Bonchev–Trinajstić information content (AvgIpc) is 2.60. The lowest BCUT2D eigenvalue weighted by atomic mass is 9.99. The number of carbonyl (C=O) groups excluding carboxylic acids is 1. The number of hydrogen-bond donors (Lipinski definition) is 0. The number of nitriles is 1. The Balaban J connectivity index is 2.19. The van der Waals surface area contributed by atoms with Crippen LogP contribution in [0.3, 0.4) is 0 Å². The van der Waals surface area contributed by atoms with Crippen molar-refractivity contribution in [3.05, 3.63) is 59.7 Å². The molecule has 5 heteroatoms. The van der Waals surface area contributed by atoms with Crippen LogP contribution in [0.1, 0.15) is 23.3 Å². The van der Waals surface area contributed by atoms with Gasteiger partial charge in [0.15, 0.2) is 0 Å². The number of ether oxygens (including phenoxy) is 1. The largest absolute Gasteiger partial charge is 0.615 e. The molecule has 0 aliphatic heterocycles. The summed E-state index contributed by atoms with van der Waals surface area (Å²) < 4.78 is 16.7. The van der Waals surface area contributed by atoms with Crippen LogP contribution in [0.15, 0.2) is 48.5 Å². The van der Waals surface area contributed by atoms with Gasteiger partial charge in [-0.3, -0.25) is 0 Å². The van der Waals surface area contributed by atoms with Crippen LogP contribution in [0.4, 0.5) is 0 Å². The van der Waals surface area contributed by atoms with E-state index in [1.807, 2.05) is 49.4 Å². The Morgan fingerprint density at radius 1 is 1.26 bits per heavy atom. The molecule has 0 aliphatic rings. The Morgan fingerprint density at radius 2 is 1.91 bits per heavy atom. The second-order valence-corrected chi connectivity index (χ2v) is 6.78. The number of rotatable bonds is 5. The van der Waals surface area contributed by atoms with E-state index in [1.165, 1.54) is 7.11 Å². The summed E-state index contributed by atoms with van der Waals surface area (Å²) in [4.78, 5) is 11.2. The van der Waals surface area contributed by atoms with Gasteiger partial charge in [-0.2, -0.15) is 5.26 Å². The first-order chi connectivity index (χ1) is 11.1. The molecule has 0 radical (unpaired) electrons. The summed E-state index contributed by atoms with van der Waals surface area (Å²) in [5.74, 6) is -0.591. The lowest BCUT2D eigenvalue weighted by molar-refractivity contribution is -0.137. The molecule has 2 unspecified atom stereocenters. The molecule has 2 aromatic rings. The third-order valence-corrected chi connectivity index (χ3v) is 5.20. The van der Waals surface area contributed by atoms with Gasteiger partial charge in [-0.05, 0) is 35.3 Å². The highest BCUT2D eigenvalue weighted by atomic mass is 32.2. The fourth-order valence-corrected chi connectivity index (χ4v) is 3.28. The van der Waals surface area contributed by atoms with Gasteiger partial charge in [0, 0.05) is 5.56 Å². The third-order valence-electron chi connectivity index (χ3n) is 3.62. The number of methoxy groups -OCH3 is 1. The molecular formula is C18H17NO3S. The molecule has 0 spiro atoms. The highest BCUT2D eigenvalue weighted by Crippen LogP contribution is 2.27. The fraction of sp³-hybridized carbons (Fsp3) is 0.222. The van der Waals surface area contributed by atoms with E-state index in [1.54, 1.807) is 6.07 Å². The SMILES string of the molecule is COC(=O)C[S+]([O-])C(C)c1ccc(-c2ccccc2C#N)cc1. The minimum Gasteiger partial charge on any atom is -0.615 e. The van der Waals surface area contributed by atoms with Gasteiger partial charge < -0.3 is 9.29 Å². The van der Waals surface area contributed by atoms with Crippen molar-refractivity contribution in [2.75, 3.05) is 12.9 Å². The molecule has 118 valence electrons. The zero-order valence-electron chi connectivity index (χ0n) is 13.0. The Kier molecular flexibility index (Phi) is 5.80. The normalized spacial score (nSPS) is 13.0. The highest BCUT2D eigenvalue weighted by Gasteiger charge is 2.23. The number of esters is 1. The lowest BCUT2D eigenvalue weighted by Gasteiger charge is -2.18. The van der Waals surface area contributed by atoms with E-state index < -0.39 is 17.1 Å². The van der Waals surface area contributed by atoms with Gasteiger partial charge in [-0.25, -0.2) is 4.79 Å². The van der Waals surface area contributed by atoms with E-state index >= 15 is 0 Å². The Bertz CT molecular complexity index is 722. The van der Waals surface area contributed by atoms with Gasteiger partial charge in [-0.1, -0.05) is 42.5 Å². The molecule has 0 aromatic heterocycles. The van der Waals surface area contributed by atoms with E-state index in [-0.39, 0.29) is 11.0 Å². The maximum Gasteiger partial charge on any atom is 0.356 e. The first kappa shape index (κ1) is 17.1. The van der Waals surface area contributed by atoms with Crippen LogP contribution in [-0.2, 0) is 20.7 Å². The Labute approximate surface area is 138 Å². The summed E-state index contributed by atoms with van der Waals surface area (Å²) in [5.41, 5.74) is 3.29. The van der Waals surface area contributed by atoms with Gasteiger partial charge >= 0.3 is 5.97 Å². The first-order valence-corrected chi connectivity index (χ1v) is 8.48. The molecular weight excluding hydrogens is 310 g/mol. The average molecular weight is 327 g/mol. The van der Waals surface area contributed by atoms with Gasteiger partial charge in [-0.15, -0.1) is 0 Å². The Morgan fingerprint density at radius 3 is 2.52 bits per heavy atom. The quantitative estimate of drug-likeness (QED) is 0.624. The summed E-state index contributed by atoms with van der Waals surface area (Å²) in [6.45, 7) is 1.82. The van der Waals surface area contributed by atoms with Crippen LogP contribution in [-0.4, -0.2) is 23.4 Å². The first-order valence-electron chi connectivity index (χ1n) is 7.10. The standard InChI is InChI=1S/C18H17NO3S/c1-13(23(21)12-18(20)22-2)14-7-9-15(10-8-14)17-6-4-3-5-16(17)11-19/h3-10,13H,12H2,1-2H3. The zero-order chi connectivity index (χ0) is 16.8. The second kappa shape index (κ2) is 7.82. The molecule has 23 heavy (non-hydrogen) atoms. The minimum absolute atomic E-state index is 0.114. The van der Waals surface area contributed by atoms with Crippen molar-refractivity contribution in [1.29, 1.82) is 5.26 Å². The summed E-state index contributed by atoms with van der Waals surface area (Å²) in [5, 5.41) is 8.90. The van der Waals surface area contributed by atoms with Crippen molar-refractivity contribution in [3.63, 3.8) is 0 Å². The van der Waals surface area contributed by atoms with Crippen LogP contribution in [0.2, 0.25) is 0 Å². The molecule has 2 aromatic carbocycles. The van der Waals surface area contributed by atoms with E-state index in [0.717, 1.165) is 16.7 Å². The van der Waals surface area contributed by atoms with Crippen LogP contribution in [0.25, 0.3) is 11.1 Å². The molecule has 0 saturated heterocycles. The second-order valence-electron chi connectivity index (χ2n) is 5.02. The molecule has 0 aliphatic carbocycles. The summed E-state index contributed by atoms with van der Waals surface area (Å²) >= 11 is -1.33. The van der Waals surface area contributed by atoms with Crippen molar-refractivity contribution in [3.8, 4) is 17.2 Å². The minimum atomic E-state index is -1.33. The molecule has 0 N–H and O–H groups in total. The predicted octanol–water partition coefficient (Wildman–Crippen LogP) is 3.21. The maximum absolute atomic E-state index is 12.1. The molecule has 0 fully saturated rings. The van der Waals surface area contributed by atoms with Gasteiger partial charge in [0.25, 0.3) is 0 Å². The Hall–Kier alpha value is -2.29. The summed E-state index contributed by atoms with van der Waals surface area (Å²) in [6, 6.07) is 17.1. The van der Waals surface area contributed by atoms with Crippen LogP contribution >= 0.6 is 0 Å². The summed E-state index contributed by atoms with van der Waals surface area (Å²) in [7, 11) is 1.28. The highest BCUT2D eigenvalue weighted by molar-refractivity contribution is 7.92. The van der Waals surface area contributed by atoms with Crippen molar-refractivity contribution in [1.82, 2.24) is 0 Å². The molecule has 0 saturated carbocycles. The molecule has 2 atom stereocenters. The topological polar surface area (TPSA) is 73.2 Å². The maximum atomic E-state index is 12.1. The van der Waals surface area contributed by atoms with Crippen molar-refractivity contribution in [2.24, 2.45) is 0 Å². The van der Waals surface area contributed by atoms with E-state index in [2.05, 4.69) is 10.8 Å². The third kappa shape index (κ3) is 4.13. The van der Waals surface area contributed by atoms with Crippen molar-refractivity contribution in [2.45, 2.75) is 12.2 Å². The monoisotopic (exact) mass is 327 g/mol. The summed E-state index contributed by atoms with van der Waals surface area (Å²) in [6.07, 6.45) is 0. The van der Waals surface area contributed by atoms with E-state index in [4.69, 9.17) is 5.26 Å². The molecule has 4 nitrogen and oxygen atoms in total. The van der Waals surface area contributed by atoms with Crippen molar-refractivity contribution < 1.29 is 14.1 Å².